The van der Waals surface area contributed by atoms with Gasteiger partial charge in [0.25, 0.3) is 0 Å². The summed E-state index contributed by atoms with van der Waals surface area (Å²) in [5, 5.41) is 13.2. The Kier molecular flexibility index (Phi) is 3.77. The van der Waals surface area contributed by atoms with Crippen LogP contribution in [0.1, 0.15) is 12.2 Å². The molecule has 3 saturated heterocycles. The normalized spacial score (nSPS) is 33.0. The maximum Gasteiger partial charge on any atom is 0.223 e. The predicted molar refractivity (Wildman–Crippen MR) is 95.5 cm³/mol. The zero-order valence-corrected chi connectivity index (χ0v) is 14.6. The lowest BCUT2D eigenvalue weighted by Gasteiger charge is -2.33. The Morgan fingerprint density at radius 2 is 2.31 bits per heavy atom. The number of aromatic nitrogens is 2. The molecule has 1 amide bonds. The minimum atomic E-state index is -0.314. The van der Waals surface area contributed by atoms with Crippen molar-refractivity contribution in [3.63, 3.8) is 0 Å². The van der Waals surface area contributed by atoms with E-state index in [1.165, 1.54) is 0 Å². The zero-order chi connectivity index (χ0) is 17.7. The van der Waals surface area contributed by atoms with Crippen molar-refractivity contribution >= 4 is 16.9 Å². The molecule has 0 aliphatic carbocycles. The Hall–Kier alpha value is -1.96. The Balaban J connectivity index is 1.25. The highest BCUT2D eigenvalue weighted by atomic mass is 16.5. The molecule has 2 bridgehead atoms. The average molecular weight is 356 g/mol. The summed E-state index contributed by atoms with van der Waals surface area (Å²) in [6.07, 6.45) is 1.11. The van der Waals surface area contributed by atoms with Gasteiger partial charge in [0.15, 0.2) is 0 Å². The number of carbonyl (C=O) groups excluding carboxylic acids is 1. The van der Waals surface area contributed by atoms with Crippen LogP contribution in [0.5, 0.6) is 0 Å². The highest BCUT2D eigenvalue weighted by Crippen LogP contribution is 2.47. The summed E-state index contributed by atoms with van der Waals surface area (Å²) in [5.41, 5.74) is 1.62. The maximum atomic E-state index is 12.8. The molecule has 26 heavy (non-hydrogen) atoms. The summed E-state index contributed by atoms with van der Waals surface area (Å²) in [6.45, 7) is 2.99. The topological polar surface area (TPSA) is 90.5 Å². The molecule has 2 aromatic rings. The first-order chi connectivity index (χ1) is 12.7. The molecule has 3 N–H and O–H groups in total. The van der Waals surface area contributed by atoms with Crippen LogP contribution >= 0.6 is 0 Å². The second-order valence-electron chi connectivity index (χ2n) is 7.78. The van der Waals surface area contributed by atoms with Crippen molar-refractivity contribution in [2.24, 2.45) is 11.8 Å². The number of H-pyrrole nitrogens is 1. The largest absolute Gasteiger partial charge is 0.396 e. The van der Waals surface area contributed by atoms with E-state index >= 15 is 0 Å². The Morgan fingerprint density at radius 3 is 3.15 bits per heavy atom. The van der Waals surface area contributed by atoms with Crippen LogP contribution in [-0.2, 0) is 16.0 Å². The number of amides is 1. The van der Waals surface area contributed by atoms with Crippen LogP contribution in [0.4, 0.5) is 0 Å². The van der Waals surface area contributed by atoms with Gasteiger partial charge in [-0.25, -0.2) is 4.98 Å². The van der Waals surface area contributed by atoms with Crippen molar-refractivity contribution in [2.45, 2.75) is 24.5 Å². The smallest absolute Gasteiger partial charge is 0.223 e. The second-order valence-corrected chi connectivity index (χ2v) is 7.78. The first-order valence-electron chi connectivity index (χ1n) is 9.39. The van der Waals surface area contributed by atoms with E-state index in [0.717, 1.165) is 29.9 Å². The summed E-state index contributed by atoms with van der Waals surface area (Å²) in [4.78, 5) is 22.5. The molecule has 4 heterocycles. The molecule has 1 spiro atoms. The number of aromatic amines is 1. The van der Waals surface area contributed by atoms with E-state index in [1.54, 1.807) is 0 Å². The molecule has 0 saturated carbocycles. The van der Waals surface area contributed by atoms with Gasteiger partial charge >= 0.3 is 0 Å². The molecule has 5 rings (SSSR count). The number of aliphatic hydroxyl groups excluding tert-OH is 1. The van der Waals surface area contributed by atoms with E-state index < -0.39 is 0 Å². The lowest BCUT2D eigenvalue weighted by atomic mass is 9.83. The molecule has 1 aromatic carbocycles. The first-order valence-corrected chi connectivity index (χ1v) is 9.39. The molecule has 4 atom stereocenters. The fourth-order valence-corrected chi connectivity index (χ4v) is 5.00. The number of fused-ring (bicyclic) bond motifs is 2. The highest BCUT2D eigenvalue weighted by molar-refractivity contribution is 5.78. The zero-order valence-electron chi connectivity index (χ0n) is 14.6. The first kappa shape index (κ1) is 16.2. The number of aliphatic hydroxyl groups is 1. The molecule has 3 aliphatic heterocycles. The SMILES string of the molecule is O=C(CCc1nc2ccccc2[nH]1)N1C[C@@H]2[C@H](CO)[C@H]3CNC[C@]2(C1)O3. The van der Waals surface area contributed by atoms with Crippen LogP contribution < -0.4 is 5.32 Å². The number of hydrogen-bond donors (Lipinski definition) is 3. The number of benzene rings is 1. The molecule has 3 fully saturated rings. The third-order valence-corrected chi connectivity index (χ3v) is 6.28. The fraction of sp³-hybridized carbons (Fsp3) is 0.579. The number of carbonyl (C=O) groups is 1. The number of rotatable bonds is 4. The maximum absolute atomic E-state index is 12.8. The molecule has 7 nitrogen and oxygen atoms in total. The van der Waals surface area contributed by atoms with E-state index in [4.69, 9.17) is 4.74 Å². The summed E-state index contributed by atoms with van der Waals surface area (Å²) >= 11 is 0. The van der Waals surface area contributed by atoms with Gasteiger partial charge in [0, 0.05) is 50.9 Å². The summed E-state index contributed by atoms with van der Waals surface area (Å²) in [7, 11) is 0. The van der Waals surface area contributed by atoms with E-state index in [9.17, 15) is 9.90 Å². The van der Waals surface area contributed by atoms with Crippen LogP contribution in [0.15, 0.2) is 24.3 Å². The van der Waals surface area contributed by atoms with Crippen molar-refractivity contribution < 1.29 is 14.6 Å². The summed E-state index contributed by atoms with van der Waals surface area (Å²) < 4.78 is 6.26. The standard InChI is InChI=1S/C19H24N4O3/c24-9-12-13-8-23(11-19(13)10-20-7-16(12)26-19)18(25)6-5-17-21-14-3-1-2-4-15(14)22-17/h1-4,12-13,16,20,24H,5-11H2,(H,21,22)/t12-,13+,16+,19+/m0/s1. The molecule has 3 aliphatic rings. The predicted octanol–water partition coefficient (Wildman–Crippen LogP) is 0.303. The van der Waals surface area contributed by atoms with Crippen molar-refractivity contribution in [2.75, 3.05) is 32.8 Å². The Bertz CT molecular complexity index is 804. The fourth-order valence-electron chi connectivity index (χ4n) is 5.00. The lowest BCUT2D eigenvalue weighted by molar-refractivity contribution is -0.133. The number of morpholine rings is 1. The number of hydrogen-bond acceptors (Lipinski definition) is 5. The third-order valence-electron chi connectivity index (χ3n) is 6.28. The van der Waals surface area contributed by atoms with E-state index in [2.05, 4.69) is 15.3 Å². The monoisotopic (exact) mass is 356 g/mol. The van der Waals surface area contributed by atoms with Gasteiger partial charge in [-0.2, -0.15) is 0 Å². The van der Waals surface area contributed by atoms with Gasteiger partial charge in [-0.3, -0.25) is 4.79 Å². The van der Waals surface area contributed by atoms with Crippen LogP contribution in [0.2, 0.25) is 0 Å². The Morgan fingerprint density at radius 1 is 1.42 bits per heavy atom. The molecule has 138 valence electrons. The van der Waals surface area contributed by atoms with Gasteiger partial charge in [-0.1, -0.05) is 12.1 Å². The van der Waals surface area contributed by atoms with Crippen molar-refractivity contribution in [1.29, 1.82) is 0 Å². The quantitative estimate of drug-likeness (QED) is 0.733. The van der Waals surface area contributed by atoms with Crippen molar-refractivity contribution in [3.8, 4) is 0 Å². The van der Waals surface area contributed by atoms with Crippen LogP contribution in [0, 0.1) is 11.8 Å². The molecule has 0 unspecified atom stereocenters. The van der Waals surface area contributed by atoms with E-state index in [-0.39, 0.29) is 36.1 Å². The average Bonchev–Trinajstić information content (AvgIpc) is 3.27. The lowest BCUT2D eigenvalue weighted by Crippen LogP contribution is -2.52. The number of nitrogens with zero attached hydrogens (tertiary/aromatic N) is 2. The number of para-hydroxylation sites is 2. The van der Waals surface area contributed by atoms with Gasteiger partial charge < -0.3 is 25.0 Å². The minimum absolute atomic E-state index is 0.0755. The van der Waals surface area contributed by atoms with Crippen LogP contribution in [0.3, 0.4) is 0 Å². The van der Waals surface area contributed by atoms with Crippen LogP contribution in [0.25, 0.3) is 11.0 Å². The molecular formula is C19H24N4O3. The molecular weight excluding hydrogens is 332 g/mol. The van der Waals surface area contributed by atoms with Gasteiger partial charge in [0.05, 0.1) is 23.7 Å². The number of imidazole rings is 1. The number of ether oxygens (including phenoxy) is 1. The Labute approximate surface area is 151 Å². The number of likely N-dealkylation sites (tertiary alicyclic amines) is 1. The van der Waals surface area contributed by atoms with Gasteiger partial charge in [-0.15, -0.1) is 0 Å². The van der Waals surface area contributed by atoms with Gasteiger partial charge in [0.2, 0.25) is 5.91 Å². The third kappa shape index (κ3) is 2.46. The minimum Gasteiger partial charge on any atom is -0.396 e. The van der Waals surface area contributed by atoms with E-state index in [0.29, 0.717) is 25.9 Å². The van der Waals surface area contributed by atoms with Gasteiger partial charge in [-0.05, 0) is 12.1 Å². The van der Waals surface area contributed by atoms with Crippen molar-refractivity contribution in [1.82, 2.24) is 20.2 Å². The van der Waals surface area contributed by atoms with Gasteiger partial charge in [0.1, 0.15) is 11.4 Å². The molecule has 0 radical (unpaired) electrons. The van der Waals surface area contributed by atoms with E-state index in [1.807, 2.05) is 29.2 Å². The summed E-state index contributed by atoms with van der Waals surface area (Å²) in [6, 6.07) is 7.90. The molecule has 7 heteroatoms. The molecule has 1 aromatic heterocycles. The van der Waals surface area contributed by atoms with Crippen LogP contribution in [-0.4, -0.2) is 70.4 Å². The second kappa shape index (κ2) is 6.04. The highest BCUT2D eigenvalue weighted by Gasteiger charge is 2.61. The number of aryl methyl sites for hydroxylation is 1. The summed E-state index contributed by atoms with van der Waals surface area (Å²) in [5.74, 6) is 1.33. The number of nitrogens with one attached hydrogen (secondary N) is 2. The van der Waals surface area contributed by atoms with Crippen molar-refractivity contribution in [3.05, 3.63) is 30.1 Å².